The molecule has 0 saturated heterocycles. The van der Waals surface area contributed by atoms with Crippen molar-refractivity contribution in [3.63, 3.8) is 0 Å². The van der Waals surface area contributed by atoms with Crippen molar-refractivity contribution < 1.29 is 4.42 Å². The van der Waals surface area contributed by atoms with Crippen molar-refractivity contribution in [1.29, 1.82) is 0 Å². The summed E-state index contributed by atoms with van der Waals surface area (Å²) >= 11 is 5.84. The highest BCUT2D eigenvalue weighted by atomic mass is 35.5. The van der Waals surface area contributed by atoms with Crippen LogP contribution in [0, 0.1) is 5.92 Å². The lowest BCUT2D eigenvalue weighted by molar-refractivity contribution is 0.427. The van der Waals surface area contributed by atoms with Crippen molar-refractivity contribution >= 4 is 11.6 Å². The lowest BCUT2D eigenvalue weighted by Gasteiger charge is -2.09. The molecule has 66 valence electrons. The highest BCUT2D eigenvalue weighted by molar-refractivity contribution is 6.18. The summed E-state index contributed by atoms with van der Waals surface area (Å²) in [6, 6.07) is 4.02. The van der Waals surface area contributed by atoms with E-state index in [1.165, 1.54) is 6.42 Å². The van der Waals surface area contributed by atoms with Gasteiger partial charge in [-0.3, -0.25) is 0 Å². The van der Waals surface area contributed by atoms with Gasteiger partial charge in [0, 0.05) is 11.3 Å². The van der Waals surface area contributed by atoms with Crippen molar-refractivity contribution in [2.45, 2.75) is 25.2 Å². The maximum atomic E-state index is 5.84. The summed E-state index contributed by atoms with van der Waals surface area (Å²) in [4.78, 5) is 0. The molecule has 0 radical (unpaired) electrons. The van der Waals surface area contributed by atoms with E-state index in [9.17, 15) is 0 Å². The third-order valence-corrected chi connectivity index (χ3v) is 3.43. The Balaban J connectivity index is 2.22. The van der Waals surface area contributed by atoms with E-state index < -0.39 is 0 Å². The number of hydrogen-bond acceptors (Lipinski definition) is 1. The minimum Gasteiger partial charge on any atom is -0.469 e. The molecule has 0 spiro atoms. The second-order valence-corrected chi connectivity index (χ2v) is 3.85. The summed E-state index contributed by atoms with van der Waals surface area (Å²) in [7, 11) is 0. The molecule has 1 aromatic rings. The van der Waals surface area contributed by atoms with Crippen molar-refractivity contribution in [3.8, 4) is 0 Å². The average Bonchev–Trinajstić information content (AvgIpc) is 2.57. The van der Waals surface area contributed by atoms with E-state index in [-0.39, 0.29) is 5.41 Å². The Labute approximate surface area is 77.7 Å². The van der Waals surface area contributed by atoms with Crippen LogP contribution < -0.4 is 0 Å². The molecule has 2 rings (SSSR count). The summed E-state index contributed by atoms with van der Waals surface area (Å²) in [5, 5.41) is 0. The fourth-order valence-electron chi connectivity index (χ4n) is 2.05. The van der Waals surface area contributed by atoms with Crippen molar-refractivity contribution in [2.75, 3.05) is 5.88 Å². The summed E-state index contributed by atoms with van der Waals surface area (Å²) in [6.45, 7) is 2.20. The molecule has 2 heteroatoms. The lowest BCUT2D eigenvalue weighted by Crippen LogP contribution is -2.07. The standard InChI is InChI=1S/C10H13ClO/c1-2-10(6-8(10)7-11)9-4-3-5-12-9/h3-5,8H,2,6-7H2,1H3. The Morgan fingerprint density at radius 1 is 1.75 bits per heavy atom. The maximum absolute atomic E-state index is 5.84. The van der Waals surface area contributed by atoms with Crippen LogP contribution >= 0.6 is 11.6 Å². The first-order valence-electron chi connectivity index (χ1n) is 4.43. The summed E-state index contributed by atoms with van der Waals surface area (Å²) in [5.74, 6) is 2.51. The molecule has 1 fully saturated rings. The molecular formula is C10H13ClO. The second kappa shape index (κ2) is 2.81. The topological polar surface area (TPSA) is 13.1 Å². The van der Waals surface area contributed by atoms with Crippen molar-refractivity contribution in [2.24, 2.45) is 5.92 Å². The SMILES string of the molecule is CCC1(c2ccco2)CC1CCl. The van der Waals surface area contributed by atoms with Gasteiger partial charge < -0.3 is 4.42 Å². The summed E-state index contributed by atoms with van der Waals surface area (Å²) < 4.78 is 5.43. The summed E-state index contributed by atoms with van der Waals surface area (Å²) in [6.07, 6.45) is 4.08. The van der Waals surface area contributed by atoms with Gasteiger partial charge in [0.05, 0.1) is 6.26 Å². The third kappa shape index (κ3) is 0.996. The molecule has 2 atom stereocenters. The van der Waals surface area contributed by atoms with E-state index in [0.717, 1.165) is 18.1 Å². The fourth-order valence-corrected chi connectivity index (χ4v) is 2.46. The second-order valence-electron chi connectivity index (χ2n) is 3.54. The van der Waals surface area contributed by atoms with Crippen LogP contribution in [0.5, 0.6) is 0 Å². The molecular weight excluding hydrogens is 172 g/mol. The van der Waals surface area contributed by atoms with E-state index in [1.807, 2.05) is 6.07 Å². The van der Waals surface area contributed by atoms with E-state index in [0.29, 0.717) is 5.92 Å². The number of rotatable bonds is 3. The lowest BCUT2D eigenvalue weighted by atomic mass is 9.98. The first-order valence-corrected chi connectivity index (χ1v) is 4.97. The monoisotopic (exact) mass is 184 g/mol. The smallest absolute Gasteiger partial charge is 0.110 e. The Morgan fingerprint density at radius 2 is 2.58 bits per heavy atom. The van der Waals surface area contributed by atoms with Gasteiger partial charge in [-0.25, -0.2) is 0 Å². The molecule has 0 bridgehead atoms. The predicted octanol–water partition coefficient (Wildman–Crippen LogP) is 3.19. The molecule has 0 aliphatic heterocycles. The van der Waals surface area contributed by atoms with Crippen LogP contribution in [0.2, 0.25) is 0 Å². The summed E-state index contributed by atoms with van der Waals surface area (Å²) in [5.41, 5.74) is 0.283. The molecule has 1 heterocycles. The molecule has 0 amide bonds. The van der Waals surface area contributed by atoms with E-state index in [1.54, 1.807) is 6.26 Å². The van der Waals surface area contributed by atoms with Crippen LogP contribution in [0.1, 0.15) is 25.5 Å². The first-order chi connectivity index (χ1) is 5.83. The Bertz CT molecular complexity index is 255. The highest BCUT2D eigenvalue weighted by Crippen LogP contribution is 2.57. The van der Waals surface area contributed by atoms with E-state index in [4.69, 9.17) is 16.0 Å². The van der Waals surface area contributed by atoms with Crippen LogP contribution in [0.15, 0.2) is 22.8 Å². The van der Waals surface area contributed by atoms with Crippen LogP contribution in [0.3, 0.4) is 0 Å². The molecule has 1 aliphatic carbocycles. The Morgan fingerprint density at radius 3 is 3.00 bits per heavy atom. The minimum atomic E-state index is 0.283. The molecule has 1 saturated carbocycles. The van der Waals surface area contributed by atoms with E-state index >= 15 is 0 Å². The molecule has 0 N–H and O–H groups in total. The molecule has 1 nitrogen and oxygen atoms in total. The van der Waals surface area contributed by atoms with Crippen LogP contribution in [-0.4, -0.2) is 5.88 Å². The molecule has 1 aromatic heterocycles. The van der Waals surface area contributed by atoms with Crippen LogP contribution in [0.4, 0.5) is 0 Å². The van der Waals surface area contributed by atoms with Gasteiger partial charge in [0.15, 0.2) is 0 Å². The van der Waals surface area contributed by atoms with Gasteiger partial charge in [-0.05, 0) is 30.9 Å². The van der Waals surface area contributed by atoms with Gasteiger partial charge in [-0.1, -0.05) is 6.92 Å². The molecule has 1 aliphatic rings. The van der Waals surface area contributed by atoms with Gasteiger partial charge in [0.2, 0.25) is 0 Å². The van der Waals surface area contributed by atoms with Crippen LogP contribution in [-0.2, 0) is 5.41 Å². The maximum Gasteiger partial charge on any atom is 0.110 e. The zero-order chi connectivity index (χ0) is 8.60. The zero-order valence-electron chi connectivity index (χ0n) is 7.22. The zero-order valence-corrected chi connectivity index (χ0v) is 7.97. The average molecular weight is 185 g/mol. The normalized spacial score (nSPS) is 33.7. The molecule has 2 unspecified atom stereocenters. The number of hydrogen-bond donors (Lipinski definition) is 0. The quantitative estimate of drug-likeness (QED) is 0.658. The number of alkyl halides is 1. The van der Waals surface area contributed by atoms with E-state index in [2.05, 4.69) is 13.0 Å². The Kier molecular flexibility index (Phi) is 1.91. The van der Waals surface area contributed by atoms with Gasteiger partial charge >= 0.3 is 0 Å². The highest BCUT2D eigenvalue weighted by Gasteiger charge is 2.55. The van der Waals surface area contributed by atoms with Gasteiger partial charge in [0.25, 0.3) is 0 Å². The molecule has 0 aromatic carbocycles. The predicted molar refractivity (Wildman–Crippen MR) is 49.5 cm³/mol. The largest absolute Gasteiger partial charge is 0.469 e. The first kappa shape index (κ1) is 8.18. The van der Waals surface area contributed by atoms with Gasteiger partial charge in [-0.15, -0.1) is 11.6 Å². The number of halogens is 1. The third-order valence-electron chi connectivity index (χ3n) is 3.06. The van der Waals surface area contributed by atoms with Gasteiger partial charge in [0.1, 0.15) is 5.76 Å². The van der Waals surface area contributed by atoms with Crippen LogP contribution in [0.25, 0.3) is 0 Å². The Hall–Kier alpha value is -0.430. The van der Waals surface area contributed by atoms with Crippen molar-refractivity contribution in [1.82, 2.24) is 0 Å². The van der Waals surface area contributed by atoms with Crippen molar-refractivity contribution in [3.05, 3.63) is 24.2 Å². The number of furan rings is 1. The minimum absolute atomic E-state index is 0.283. The van der Waals surface area contributed by atoms with Gasteiger partial charge in [-0.2, -0.15) is 0 Å². The fraction of sp³-hybridized carbons (Fsp3) is 0.600. The molecule has 12 heavy (non-hydrogen) atoms.